The van der Waals surface area contributed by atoms with E-state index in [2.05, 4.69) is 11.4 Å². The molecule has 0 spiro atoms. The van der Waals surface area contributed by atoms with Crippen molar-refractivity contribution in [1.82, 2.24) is 5.32 Å². The van der Waals surface area contributed by atoms with Crippen molar-refractivity contribution in [3.8, 4) is 0 Å². The van der Waals surface area contributed by atoms with Crippen LogP contribution in [0.5, 0.6) is 0 Å². The van der Waals surface area contributed by atoms with Gasteiger partial charge in [-0.15, -0.1) is 0 Å². The van der Waals surface area contributed by atoms with Crippen LogP contribution in [0.15, 0.2) is 11.6 Å². The highest BCUT2D eigenvalue weighted by molar-refractivity contribution is 7.37. The van der Waals surface area contributed by atoms with Crippen molar-refractivity contribution >= 4 is 14.1 Å². The molecule has 0 saturated heterocycles. The lowest BCUT2D eigenvalue weighted by Crippen LogP contribution is -2.37. The highest BCUT2D eigenvalue weighted by Gasteiger charge is 2.21. The van der Waals surface area contributed by atoms with Crippen LogP contribution in [0.4, 0.5) is 4.79 Å². The molecular weight excluding hydrogens is 289 g/mol. The number of nitrogens with one attached hydrogen (secondary N) is 1. The molecule has 2 atom stereocenters. The molecule has 2 unspecified atom stereocenters. The lowest BCUT2D eigenvalue weighted by molar-refractivity contribution is 0.0514. The number of hydrogen-bond acceptors (Lipinski definition) is 3. The second kappa shape index (κ2) is 8.60. The van der Waals surface area contributed by atoms with E-state index >= 15 is 0 Å². The Hall–Kier alpha value is -0.800. The van der Waals surface area contributed by atoms with Crippen molar-refractivity contribution in [3.63, 3.8) is 0 Å². The normalized spacial score (nSPS) is 20.0. The maximum atomic E-state index is 11.7. The van der Waals surface area contributed by atoms with Crippen LogP contribution in [0, 0.1) is 0 Å². The predicted molar refractivity (Wildman–Crippen MR) is 85.0 cm³/mol. The number of alkyl carbamates (subject to hydrolysis) is 1. The maximum Gasteiger partial charge on any atom is 0.408 e. The quantitative estimate of drug-likeness (QED) is 0.427. The monoisotopic (exact) mass is 317 g/mol. The van der Waals surface area contributed by atoms with Crippen LogP contribution >= 0.6 is 8.03 Å². The summed E-state index contributed by atoms with van der Waals surface area (Å²) in [5.74, 6) is 0. The van der Waals surface area contributed by atoms with Gasteiger partial charge in [0.05, 0.1) is 6.04 Å². The van der Waals surface area contributed by atoms with E-state index in [0.29, 0.717) is 6.16 Å². The van der Waals surface area contributed by atoms with Gasteiger partial charge in [-0.25, -0.2) is 4.79 Å². The summed E-state index contributed by atoms with van der Waals surface area (Å²) >= 11 is 0. The molecule has 0 saturated carbocycles. The molecule has 0 aromatic heterocycles. The van der Waals surface area contributed by atoms with E-state index in [1.807, 2.05) is 20.8 Å². The molecule has 0 fully saturated rings. The molecule has 1 rings (SSSR count). The number of carbonyl (C=O) groups excluding carboxylic acids is 1. The standard InChI is InChI=1S/C15H28NO4P/c1-15(2,3)20-14(17)16-13-9-8-12(11-13)7-5-4-6-10-21(18)19/h11,13,21H,4-10H2,1-3H3,(H,16,17)(H,18,19). The van der Waals surface area contributed by atoms with Gasteiger partial charge >= 0.3 is 6.09 Å². The summed E-state index contributed by atoms with van der Waals surface area (Å²) in [5.41, 5.74) is 0.900. The maximum absolute atomic E-state index is 11.7. The molecule has 0 aliphatic heterocycles. The zero-order valence-electron chi connectivity index (χ0n) is 13.3. The highest BCUT2D eigenvalue weighted by atomic mass is 31.1. The molecule has 0 bridgehead atoms. The van der Waals surface area contributed by atoms with Crippen molar-refractivity contribution in [2.75, 3.05) is 6.16 Å². The summed E-state index contributed by atoms with van der Waals surface area (Å²) in [6, 6.07) is 0.0729. The predicted octanol–water partition coefficient (Wildman–Crippen LogP) is 3.63. The van der Waals surface area contributed by atoms with Gasteiger partial charge in [-0.1, -0.05) is 18.1 Å². The van der Waals surface area contributed by atoms with Gasteiger partial charge in [0.1, 0.15) is 5.60 Å². The number of ether oxygens (including phenoxy) is 1. The van der Waals surface area contributed by atoms with Crippen molar-refractivity contribution in [2.24, 2.45) is 0 Å². The largest absolute Gasteiger partial charge is 0.444 e. The fraction of sp³-hybridized carbons (Fsp3) is 0.800. The molecular formula is C15H28NO4P. The zero-order chi connectivity index (χ0) is 15.9. The molecule has 2 N–H and O–H groups in total. The molecule has 0 radical (unpaired) electrons. The molecule has 21 heavy (non-hydrogen) atoms. The smallest absolute Gasteiger partial charge is 0.408 e. The van der Waals surface area contributed by atoms with Crippen LogP contribution in [-0.4, -0.2) is 28.8 Å². The van der Waals surface area contributed by atoms with Crippen molar-refractivity contribution in [3.05, 3.63) is 11.6 Å². The van der Waals surface area contributed by atoms with Crippen LogP contribution in [0.2, 0.25) is 0 Å². The Morgan fingerprint density at radius 2 is 2.14 bits per heavy atom. The zero-order valence-corrected chi connectivity index (χ0v) is 14.3. The van der Waals surface area contributed by atoms with Crippen LogP contribution in [0.25, 0.3) is 0 Å². The van der Waals surface area contributed by atoms with E-state index in [4.69, 9.17) is 9.63 Å². The summed E-state index contributed by atoms with van der Waals surface area (Å²) in [5, 5.41) is 2.87. The van der Waals surface area contributed by atoms with Crippen molar-refractivity contribution < 1.29 is 19.0 Å². The lowest BCUT2D eigenvalue weighted by atomic mass is 10.1. The average Bonchev–Trinajstić information content (AvgIpc) is 2.73. The van der Waals surface area contributed by atoms with Crippen LogP contribution in [0.3, 0.4) is 0 Å². The Kier molecular flexibility index (Phi) is 7.47. The Balaban J connectivity index is 2.21. The molecule has 1 amide bonds. The molecule has 0 aromatic rings. The Morgan fingerprint density at radius 1 is 1.43 bits per heavy atom. The summed E-state index contributed by atoms with van der Waals surface area (Å²) in [6.07, 6.45) is 8.00. The van der Waals surface area contributed by atoms with Gasteiger partial charge in [-0.3, -0.25) is 4.57 Å². The van der Waals surface area contributed by atoms with E-state index in [1.165, 1.54) is 5.57 Å². The highest BCUT2D eigenvalue weighted by Crippen LogP contribution is 2.24. The number of allylic oxidation sites excluding steroid dienone is 1. The molecule has 0 aromatic carbocycles. The molecule has 1 aliphatic carbocycles. The summed E-state index contributed by atoms with van der Waals surface area (Å²) < 4.78 is 15.8. The lowest BCUT2D eigenvalue weighted by Gasteiger charge is -2.21. The van der Waals surface area contributed by atoms with E-state index in [0.717, 1.165) is 38.5 Å². The summed E-state index contributed by atoms with van der Waals surface area (Å²) in [4.78, 5) is 20.4. The van der Waals surface area contributed by atoms with Gasteiger partial charge in [0.2, 0.25) is 0 Å². The van der Waals surface area contributed by atoms with E-state index in [1.54, 1.807) is 0 Å². The van der Waals surface area contributed by atoms with Gasteiger partial charge in [0.15, 0.2) is 8.03 Å². The topological polar surface area (TPSA) is 75.6 Å². The van der Waals surface area contributed by atoms with Crippen LogP contribution in [0.1, 0.15) is 59.3 Å². The van der Waals surface area contributed by atoms with Crippen LogP contribution < -0.4 is 5.32 Å². The Morgan fingerprint density at radius 3 is 2.76 bits per heavy atom. The second-order valence-corrected chi connectivity index (χ2v) is 7.86. The minimum atomic E-state index is -2.30. The molecule has 1 aliphatic rings. The first-order chi connectivity index (χ1) is 9.76. The number of hydrogen-bond donors (Lipinski definition) is 2. The van der Waals surface area contributed by atoms with Gasteiger partial charge in [-0.05, 0) is 52.9 Å². The van der Waals surface area contributed by atoms with E-state index in [-0.39, 0.29) is 12.1 Å². The molecule has 0 heterocycles. The van der Waals surface area contributed by atoms with E-state index < -0.39 is 13.6 Å². The Labute approximate surface area is 128 Å². The molecule has 5 nitrogen and oxygen atoms in total. The van der Waals surface area contributed by atoms with E-state index in [9.17, 15) is 9.36 Å². The second-order valence-electron chi connectivity index (χ2n) is 6.57. The fourth-order valence-electron chi connectivity index (χ4n) is 2.38. The third kappa shape index (κ3) is 8.94. The third-order valence-electron chi connectivity index (χ3n) is 3.30. The number of rotatable bonds is 7. The average molecular weight is 317 g/mol. The Bertz CT molecular complexity index is 401. The first-order valence-electron chi connectivity index (χ1n) is 7.67. The van der Waals surface area contributed by atoms with Crippen molar-refractivity contribution in [1.29, 1.82) is 0 Å². The van der Waals surface area contributed by atoms with Gasteiger partial charge < -0.3 is 14.9 Å². The number of unbranched alkanes of at least 4 members (excludes halogenated alkanes) is 2. The molecule has 122 valence electrons. The minimum absolute atomic E-state index is 0.0729. The van der Waals surface area contributed by atoms with Crippen molar-refractivity contribution in [2.45, 2.75) is 70.9 Å². The SMILES string of the molecule is CC(C)(C)OC(=O)NC1C=C(CCCCC[PH](=O)O)CC1. The first kappa shape index (κ1) is 18.2. The minimum Gasteiger partial charge on any atom is -0.444 e. The summed E-state index contributed by atoms with van der Waals surface area (Å²) in [7, 11) is -2.30. The number of carbonyl (C=O) groups is 1. The van der Waals surface area contributed by atoms with Gasteiger partial charge in [0, 0.05) is 6.16 Å². The number of amides is 1. The molecule has 6 heteroatoms. The van der Waals surface area contributed by atoms with Gasteiger partial charge in [-0.2, -0.15) is 0 Å². The first-order valence-corrected chi connectivity index (χ1v) is 9.23. The van der Waals surface area contributed by atoms with Gasteiger partial charge in [0.25, 0.3) is 0 Å². The van der Waals surface area contributed by atoms with Crippen LogP contribution in [-0.2, 0) is 9.30 Å². The fourth-order valence-corrected chi connectivity index (χ4v) is 2.93. The third-order valence-corrected chi connectivity index (χ3v) is 4.09. The summed E-state index contributed by atoms with van der Waals surface area (Å²) in [6.45, 7) is 5.55.